The minimum atomic E-state index is -4.50. The van der Waals surface area contributed by atoms with Crippen LogP contribution >= 0.6 is 28.3 Å². The van der Waals surface area contributed by atoms with E-state index in [9.17, 15) is 18.0 Å². The van der Waals surface area contributed by atoms with Crippen LogP contribution in [0.2, 0.25) is 0 Å². The Morgan fingerprint density at radius 2 is 1.96 bits per heavy atom. The lowest BCUT2D eigenvalue weighted by molar-refractivity contribution is -0.138. The number of hydrogen-bond donors (Lipinski definition) is 2. The first-order valence-electron chi connectivity index (χ1n) is 6.80. The van der Waals surface area contributed by atoms with Crippen molar-refractivity contribution in [1.82, 2.24) is 0 Å². The van der Waals surface area contributed by atoms with Gasteiger partial charge in [0.2, 0.25) is 5.91 Å². The summed E-state index contributed by atoms with van der Waals surface area (Å²) in [5, 5.41) is 2.45. The normalized spacial score (nSPS) is 17.3. The third-order valence-electron chi connectivity index (χ3n) is 3.62. The predicted octanol–water partition coefficient (Wildman–Crippen LogP) is 3.58. The average Bonchev–Trinajstić information content (AvgIpc) is 2.48. The Hall–Kier alpha value is -0.830. The number of nitrogens with one attached hydrogen (secondary N) is 1. The number of hydrogen-bond acceptors (Lipinski definition) is 3. The molecule has 0 saturated carbocycles. The largest absolute Gasteiger partial charge is 0.417 e. The van der Waals surface area contributed by atoms with Crippen LogP contribution in [0, 0.1) is 5.92 Å². The molecule has 4 nitrogen and oxygen atoms in total. The molecule has 1 heterocycles. The van der Waals surface area contributed by atoms with Gasteiger partial charge in [0.25, 0.3) is 0 Å². The molecule has 1 aliphatic heterocycles. The molecule has 0 aromatic heterocycles. The van der Waals surface area contributed by atoms with E-state index in [0.717, 1.165) is 6.07 Å². The number of anilines is 1. The lowest BCUT2D eigenvalue weighted by Crippen LogP contribution is -2.44. The van der Waals surface area contributed by atoms with Gasteiger partial charge in [0.15, 0.2) is 0 Å². The monoisotopic (exact) mass is 416 g/mol. The summed E-state index contributed by atoms with van der Waals surface area (Å²) in [6.07, 6.45) is -3.16. The third-order valence-corrected chi connectivity index (χ3v) is 4.31. The van der Waals surface area contributed by atoms with Gasteiger partial charge < -0.3 is 15.8 Å². The molecule has 3 N–H and O–H groups in total. The Morgan fingerprint density at radius 3 is 2.52 bits per heavy atom. The molecule has 0 spiro atoms. The van der Waals surface area contributed by atoms with Gasteiger partial charge in [-0.05, 0) is 37.0 Å². The van der Waals surface area contributed by atoms with Gasteiger partial charge >= 0.3 is 6.18 Å². The standard InChI is InChI=1S/C14H16BrF3N2O2.ClH/c15-11-2-1-9(7-10(11)14(16,17)18)20-13(21)12(19)8-3-5-22-6-4-8;/h1-2,7-8,12H,3-6,19H2,(H,20,21);1H. The van der Waals surface area contributed by atoms with E-state index in [1.54, 1.807) is 0 Å². The number of carbonyl (C=O) groups excluding carboxylic acids is 1. The van der Waals surface area contributed by atoms with Crippen LogP contribution in [0.25, 0.3) is 0 Å². The fourth-order valence-electron chi connectivity index (χ4n) is 2.33. The highest BCUT2D eigenvalue weighted by molar-refractivity contribution is 9.10. The minimum absolute atomic E-state index is 0. The molecule has 1 saturated heterocycles. The Kier molecular flexibility index (Phi) is 7.31. The summed E-state index contributed by atoms with van der Waals surface area (Å²) in [6.45, 7) is 1.09. The second kappa shape index (κ2) is 8.32. The quantitative estimate of drug-likeness (QED) is 0.790. The van der Waals surface area contributed by atoms with Crippen LogP contribution in [0.4, 0.5) is 18.9 Å². The van der Waals surface area contributed by atoms with Crippen molar-refractivity contribution < 1.29 is 22.7 Å². The minimum Gasteiger partial charge on any atom is -0.381 e. The topological polar surface area (TPSA) is 64.4 Å². The van der Waals surface area contributed by atoms with Crippen molar-refractivity contribution in [1.29, 1.82) is 0 Å². The van der Waals surface area contributed by atoms with E-state index in [1.165, 1.54) is 12.1 Å². The number of ether oxygens (including phenoxy) is 1. The van der Waals surface area contributed by atoms with E-state index < -0.39 is 23.7 Å². The fraction of sp³-hybridized carbons (Fsp3) is 0.500. The molecule has 1 unspecified atom stereocenters. The van der Waals surface area contributed by atoms with Gasteiger partial charge in [0.1, 0.15) is 0 Å². The summed E-state index contributed by atoms with van der Waals surface area (Å²) in [4.78, 5) is 12.1. The summed E-state index contributed by atoms with van der Waals surface area (Å²) < 4.78 is 43.6. The maximum atomic E-state index is 12.8. The molecule has 1 aromatic rings. The van der Waals surface area contributed by atoms with Gasteiger partial charge in [-0.15, -0.1) is 12.4 Å². The molecule has 1 amide bonds. The van der Waals surface area contributed by atoms with Crippen LogP contribution in [-0.4, -0.2) is 25.2 Å². The second-order valence-corrected chi connectivity index (χ2v) is 6.01. The second-order valence-electron chi connectivity index (χ2n) is 5.16. The summed E-state index contributed by atoms with van der Waals surface area (Å²) in [6, 6.07) is 2.77. The fourth-order valence-corrected chi connectivity index (χ4v) is 2.81. The molecule has 0 bridgehead atoms. The van der Waals surface area contributed by atoms with Crippen molar-refractivity contribution in [2.24, 2.45) is 11.7 Å². The van der Waals surface area contributed by atoms with Crippen molar-refractivity contribution >= 4 is 39.9 Å². The molecule has 0 aliphatic carbocycles. The van der Waals surface area contributed by atoms with Gasteiger partial charge in [0.05, 0.1) is 11.6 Å². The molecule has 1 atom stereocenters. The van der Waals surface area contributed by atoms with E-state index in [4.69, 9.17) is 10.5 Å². The van der Waals surface area contributed by atoms with Gasteiger partial charge in [0, 0.05) is 23.4 Å². The van der Waals surface area contributed by atoms with Crippen molar-refractivity contribution in [2.45, 2.75) is 25.1 Å². The van der Waals surface area contributed by atoms with E-state index in [-0.39, 0.29) is 28.5 Å². The average molecular weight is 418 g/mol. The molecule has 1 fully saturated rings. The number of rotatable bonds is 3. The van der Waals surface area contributed by atoms with Crippen LogP contribution < -0.4 is 11.1 Å². The number of amides is 1. The van der Waals surface area contributed by atoms with E-state index in [2.05, 4.69) is 21.2 Å². The first-order chi connectivity index (χ1) is 10.3. The van der Waals surface area contributed by atoms with Gasteiger partial charge in [-0.1, -0.05) is 15.9 Å². The molecule has 23 heavy (non-hydrogen) atoms. The molecular formula is C14H17BrClF3N2O2. The SMILES string of the molecule is Cl.NC(C(=O)Nc1ccc(Br)c(C(F)(F)F)c1)C1CCOCC1. The van der Waals surface area contributed by atoms with Crippen LogP contribution in [0.5, 0.6) is 0 Å². The highest BCUT2D eigenvalue weighted by Gasteiger charge is 2.33. The first-order valence-corrected chi connectivity index (χ1v) is 7.59. The summed E-state index contributed by atoms with van der Waals surface area (Å²) in [5.74, 6) is -0.506. The van der Waals surface area contributed by atoms with Crippen molar-refractivity contribution in [3.63, 3.8) is 0 Å². The zero-order valence-electron chi connectivity index (χ0n) is 12.0. The Morgan fingerprint density at radius 1 is 1.35 bits per heavy atom. The van der Waals surface area contributed by atoms with Gasteiger partial charge in [-0.25, -0.2) is 0 Å². The molecule has 0 radical (unpaired) electrons. The Balaban J connectivity index is 0.00000264. The number of halogens is 5. The van der Waals surface area contributed by atoms with Crippen LogP contribution in [0.3, 0.4) is 0 Å². The van der Waals surface area contributed by atoms with Crippen LogP contribution in [0.1, 0.15) is 18.4 Å². The lowest BCUT2D eigenvalue weighted by Gasteiger charge is -2.26. The zero-order valence-corrected chi connectivity index (χ0v) is 14.4. The molecule has 130 valence electrons. The molecule has 1 aromatic carbocycles. The first kappa shape index (κ1) is 20.2. The number of nitrogens with two attached hydrogens (primary N) is 1. The van der Waals surface area contributed by atoms with E-state index in [1.807, 2.05) is 0 Å². The summed E-state index contributed by atoms with van der Waals surface area (Å²) >= 11 is 2.85. The van der Waals surface area contributed by atoms with E-state index >= 15 is 0 Å². The Labute approximate surface area is 146 Å². The maximum absolute atomic E-state index is 12.8. The van der Waals surface area contributed by atoms with Crippen molar-refractivity contribution in [3.05, 3.63) is 28.2 Å². The maximum Gasteiger partial charge on any atom is 0.417 e. The number of carbonyl (C=O) groups is 1. The predicted molar refractivity (Wildman–Crippen MR) is 86.5 cm³/mol. The van der Waals surface area contributed by atoms with E-state index in [0.29, 0.717) is 26.1 Å². The number of alkyl halides is 3. The smallest absolute Gasteiger partial charge is 0.381 e. The van der Waals surface area contributed by atoms with Crippen LogP contribution in [0.15, 0.2) is 22.7 Å². The van der Waals surface area contributed by atoms with Gasteiger partial charge in [-0.2, -0.15) is 13.2 Å². The number of benzene rings is 1. The molecular weight excluding hydrogens is 401 g/mol. The molecule has 2 rings (SSSR count). The van der Waals surface area contributed by atoms with Crippen LogP contribution in [-0.2, 0) is 15.7 Å². The molecule has 1 aliphatic rings. The lowest BCUT2D eigenvalue weighted by atomic mass is 9.92. The highest BCUT2D eigenvalue weighted by Crippen LogP contribution is 2.36. The summed E-state index contributed by atoms with van der Waals surface area (Å²) in [7, 11) is 0. The third kappa shape index (κ3) is 5.34. The van der Waals surface area contributed by atoms with Crippen molar-refractivity contribution in [3.8, 4) is 0 Å². The highest BCUT2D eigenvalue weighted by atomic mass is 79.9. The molecule has 9 heteroatoms. The van der Waals surface area contributed by atoms with Crippen molar-refractivity contribution in [2.75, 3.05) is 18.5 Å². The van der Waals surface area contributed by atoms with Gasteiger partial charge in [-0.3, -0.25) is 4.79 Å². The zero-order chi connectivity index (χ0) is 16.3. The summed E-state index contributed by atoms with van der Waals surface area (Å²) in [5.41, 5.74) is 5.12. The Bertz CT molecular complexity index is 551.